The van der Waals surface area contributed by atoms with Crippen molar-refractivity contribution < 1.29 is 18.8 Å². The number of aryl methyl sites for hydroxylation is 3. The lowest BCUT2D eigenvalue weighted by Crippen LogP contribution is -2.21. The monoisotopic (exact) mass is 433 g/mol. The third-order valence-electron chi connectivity index (χ3n) is 4.82. The normalized spacial score (nSPS) is 10.8. The number of nitrogens with zero attached hydrogens (tertiary/aromatic N) is 2. The number of rotatable bonds is 7. The molecule has 2 heterocycles. The third kappa shape index (κ3) is 4.64. The summed E-state index contributed by atoms with van der Waals surface area (Å²) in [5.74, 6) is 1.44. The van der Waals surface area contributed by atoms with Crippen molar-refractivity contribution in [2.75, 3.05) is 11.9 Å². The van der Waals surface area contributed by atoms with Crippen LogP contribution in [-0.2, 0) is 11.4 Å². The Bertz CT molecular complexity index is 1320. The van der Waals surface area contributed by atoms with Crippen LogP contribution in [0, 0.1) is 20.8 Å². The molecule has 0 saturated heterocycles. The third-order valence-corrected chi connectivity index (χ3v) is 4.82. The summed E-state index contributed by atoms with van der Waals surface area (Å²) in [7, 11) is 0. The van der Waals surface area contributed by atoms with Gasteiger partial charge in [-0.3, -0.25) is 9.59 Å². The molecule has 0 saturated carbocycles. The molecule has 164 valence electrons. The van der Waals surface area contributed by atoms with Gasteiger partial charge in [0.15, 0.2) is 12.3 Å². The number of fused-ring (bicyclic) bond motifs is 1. The highest BCUT2D eigenvalue weighted by atomic mass is 16.5. The summed E-state index contributed by atoms with van der Waals surface area (Å²) in [5, 5.41) is 2.81. The highest BCUT2D eigenvalue weighted by Gasteiger charge is 2.12. The van der Waals surface area contributed by atoms with Gasteiger partial charge in [0.25, 0.3) is 11.5 Å². The Hall–Kier alpha value is -4.07. The van der Waals surface area contributed by atoms with E-state index in [4.69, 9.17) is 14.0 Å². The molecule has 0 unspecified atom stereocenters. The molecule has 8 heteroatoms. The highest BCUT2D eigenvalue weighted by Crippen LogP contribution is 2.25. The zero-order valence-corrected chi connectivity index (χ0v) is 18.0. The molecule has 1 N–H and O–H groups in total. The topological polar surface area (TPSA) is 95.1 Å². The summed E-state index contributed by atoms with van der Waals surface area (Å²) in [6.07, 6.45) is 0. The Labute approximate surface area is 184 Å². The first-order valence-corrected chi connectivity index (χ1v) is 10.1. The number of ether oxygens (including phenoxy) is 2. The number of benzene rings is 2. The van der Waals surface area contributed by atoms with Crippen LogP contribution in [0.15, 0.2) is 63.9 Å². The fourth-order valence-corrected chi connectivity index (χ4v) is 3.35. The van der Waals surface area contributed by atoms with Gasteiger partial charge >= 0.3 is 0 Å². The first-order chi connectivity index (χ1) is 15.4. The molecular weight excluding hydrogens is 410 g/mol. The molecule has 0 atom stereocenters. The minimum Gasteiger partial charge on any atom is -0.485 e. The Morgan fingerprint density at radius 2 is 1.78 bits per heavy atom. The fraction of sp³-hybridized carbons (Fsp3) is 0.208. The van der Waals surface area contributed by atoms with E-state index in [1.165, 1.54) is 6.07 Å². The van der Waals surface area contributed by atoms with E-state index >= 15 is 0 Å². The fourth-order valence-electron chi connectivity index (χ4n) is 3.35. The number of nitrogens with one attached hydrogen (secondary N) is 1. The molecule has 0 spiro atoms. The number of anilines is 1. The van der Waals surface area contributed by atoms with Crippen LogP contribution in [0.1, 0.15) is 22.6 Å². The van der Waals surface area contributed by atoms with Crippen molar-refractivity contribution in [2.24, 2.45) is 0 Å². The van der Waals surface area contributed by atoms with Crippen molar-refractivity contribution in [3.8, 4) is 11.5 Å². The maximum absolute atomic E-state index is 12.5. The van der Waals surface area contributed by atoms with Crippen molar-refractivity contribution in [1.82, 2.24) is 9.56 Å². The van der Waals surface area contributed by atoms with E-state index in [-0.39, 0.29) is 24.7 Å². The minimum absolute atomic E-state index is 0.0573. The summed E-state index contributed by atoms with van der Waals surface area (Å²) in [6, 6.07) is 15.9. The number of hydrogen-bond donors (Lipinski definition) is 1. The van der Waals surface area contributed by atoms with E-state index in [0.29, 0.717) is 34.3 Å². The van der Waals surface area contributed by atoms with Gasteiger partial charge in [0.2, 0.25) is 0 Å². The van der Waals surface area contributed by atoms with Crippen LogP contribution in [0.25, 0.3) is 5.65 Å². The van der Waals surface area contributed by atoms with Crippen molar-refractivity contribution in [1.29, 1.82) is 0 Å². The second kappa shape index (κ2) is 8.97. The van der Waals surface area contributed by atoms with Gasteiger partial charge in [-0.05, 0) is 44.0 Å². The average Bonchev–Trinajstić information content (AvgIpc) is 3.13. The van der Waals surface area contributed by atoms with Crippen LogP contribution in [-0.4, -0.2) is 22.1 Å². The van der Waals surface area contributed by atoms with Gasteiger partial charge in [-0.1, -0.05) is 30.3 Å². The lowest BCUT2D eigenvalue weighted by molar-refractivity contribution is -0.118. The summed E-state index contributed by atoms with van der Waals surface area (Å²) < 4.78 is 18.0. The van der Waals surface area contributed by atoms with Crippen LogP contribution in [0.3, 0.4) is 0 Å². The molecule has 2 aromatic heterocycles. The van der Waals surface area contributed by atoms with Crippen molar-refractivity contribution >= 4 is 17.2 Å². The number of aromatic nitrogens is 2. The standard InChI is InChI=1S/C24H23N3O5/c1-15-7-6-8-16(2)24(15)31-14-22(28)26-19-9-4-5-10-20(19)30-13-18-12-23(29)27-21(25-18)11-17(3)32-27/h4-12H,13-14H2,1-3H3,(H,26,28). The van der Waals surface area contributed by atoms with Crippen LogP contribution in [0.4, 0.5) is 5.69 Å². The van der Waals surface area contributed by atoms with Crippen molar-refractivity contribution in [3.63, 3.8) is 0 Å². The van der Waals surface area contributed by atoms with Crippen molar-refractivity contribution in [2.45, 2.75) is 27.4 Å². The Morgan fingerprint density at radius 1 is 1.03 bits per heavy atom. The maximum Gasteiger partial charge on any atom is 0.287 e. The molecule has 0 radical (unpaired) electrons. The lowest BCUT2D eigenvalue weighted by atomic mass is 10.1. The van der Waals surface area contributed by atoms with Crippen LogP contribution in [0.5, 0.6) is 11.5 Å². The summed E-state index contributed by atoms with van der Waals surface area (Å²) in [5.41, 5.74) is 2.98. The van der Waals surface area contributed by atoms with E-state index < -0.39 is 0 Å². The number of amides is 1. The first kappa shape index (κ1) is 21.2. The van der Waals surface area contributed by atoms with E-state index in [9.17, 15) is 9.59 Å². The van der Waals surface area contributed by atoms with Crippen molar-refractivity contribution in [3.05, 3.63) is 87.5 Å². The molecule has 4 aromatic rings. The zero-order chi connectivity index (χ0) is 22.7. The quantitative estimate of drug-likeness (QED) is 0.476. The molecule has 32 heavy (non-hydrogen) atoms. The number of carbonyl (C=O) groups is 1. The van der Waals surface area contributed by atoms with Gasteiger partial charge in [-0.25, -0.2) is 4.98 Å². The minimum atomic E-state index is -0.327. The van der Waals surface area contributed by atoms with Gasteiger partial charge in [-0.2, -0.15) is 0 Å². The van der Waals surface area contributed by atoms with E-state index in [1.807, 2.05) is 32.0 Å². The number of carbonyl (C=O) groups excluding carboxylic acids is 1. The molecule has 1 amide bonds. The summed E-state index contributed by atoms with van der Waals surface area (Å²) in [4.78, 5) is 29.0. The van der Waals surface area contributed by atoms with Gasteiger partial charge in [0.05, 0.1) is 11.4 Å². The SMILES string of the molecule is Cc1cc2nc(COc3ccccc3NC(=O)COc3c(C)cccc3C)cc(=O)n2o1. The maximum atomic E-state index is 12.5. The largest absolute Gasteiger partial charge is 0.485 e. The molecular formula is C24H23N3O5. The second-order valence-electron chi connectivity index (χ2n) is 7.43. The van der Waals surface area contributed by atoms with E-state index in [0.717, 1.165) is 15.7 Å². The molecule has 0 aliphatic carbocycles. The smallest absolute Gasteiger partial charge is 0.287 e. The molecule has 2 aromatic carbocycles. The zero-order valence-electron chi connectivity index (χ0n) is 18.0. The summed E-state index contributed by atoms with van der Waals surface area (Å²) >= 11 is 0. The molecule has 0 aliphatic heterocycles. The highest BCUT2D eigenvalue weighted by molar-refractivity contribution is 5.93. The Kier molecular flexibility index (Phi) is 5.93. The predicted molar refractivity (Wildman–Crippen MR) is 119 cm³/mol. The van der Waals surface area contributed by atoms with Gasteiger partial charge < -0.3 is 19.3 Å². The Morgan fingerprint density at radius 3 is 2.56 bits per heavy atom. The second-order valence-corrected chi connectivity index (χ2v) is 7.43. The molecule has 0 fully saturated rings. The van der Waals surface area contributed by atoms with Gasteiger partial charge in [0.1, 0.15) is 23.9 Å². The Balaban J connectivity index is 1.42. The van der Waals surface area contributed by atoms with Crippen LogP contribution in [0.2, 0.25) is 0 Å². The molecule has 0 bridgehead atoms. The number of hydrogen-bond acceptors (Lipinski definition) is 6. The predicted octanol–water partition coefficient (Wildman–Crippen LogP) is 3.81. The number of para-hydroxylation sites is 3. The molecule has 0 aliphatic rings. The molecule has 4 rings (SSSR count). The first-order valence-electron chi connectivity index (χ1n) is 10.1. The lowest BCUT2D eigenvalue weighted by Gasteiger charge is -2.14. The van der Waals surface area contributed by atoms with Gasteiger partial charge in [0, 0.05) is 12.1 Å². The van der Waals surface area contributed by atoms with E-state index in [1.54, 1.807) is 37.3 Å². The molecule has 8 nitrogen and oxygen atoms in total. The summed E-state index contributed by atoms with van der Waals surface area (Å²) in [6.45, 7) is 5.54. The van der Waals surface area contributed by atoms with Crippen LogP contribution >= 0.6 is 0 Å². The average molecular weight is 433 g/mol. The van der Waals surface area contributed by atoms with Gasteiger partial charge in [-0.15, -0.1) is 4.57 Å². The van der Waals surface area contributed by atoms with Crippen LogP contribution < -0.4 is 20.3 Å². The van der Waals surface area contributed by atoms with E-state index in [2.05, 4.69) is 10.3 Å².